The van der Waals surface area contributed by atoms with E-state index in [0.29, 0.717) is 59.3 Å². The first-order valence-corrected chi connectivity index (χ1v) is 10.1. The van der Waals surface area contributed by atoms with Crippen molar-refractivity contribution in [2.45, 2.75) is 43.9 Å². The van der Waals surface area contributed by atoms with Gasteiger partial charge >= 0.3 is 0 Å². The van der Waals surface area contributed by atoms with Gasteiger partial charge in [0.25, 0.3) is 0 Å². The van der Waals surface area contributed by atoms with Gasteiger partial charge in [-0.15, -0.1) is 11.3 Å². The highest BCUT2D eigenvalue weighted by Gasteiger charge is 2.44. The molecule has 1 aliphatic rings. The minimum absolute atomic E-state index is 0.318. The van der Waals surface area contributed by atoms with Crippen LogP contribution in [0.5, 0.6) is 0 Å². The van der Waals surface area contributed by atoms with Crippen molar-refractivity contribution in [1.29, 1.82) is 0 Å². The van der Waals surface area contributed by atoms with Crippen LogP contribution >= 0.6 is 34.5 Å². The fraction of sp³-hybridized carbons (Fsp3) is 0.389. The van der Waals surface area contributed by atoms with Crippen LogP contribution in [-0.2, 0) is 13.0 Å². The summed E-state index contributed by atoms with van der Waals surface area (Å²) >= 11 is 14.2. The van der Waals surface area contributed by atoms with E-state index < -0.39 is 5.67 Å². The normalized spacial score (nSPS) is 16.8. The van der Waals surface area contributed by atoms with Crippen LogP contribution in [0.2, 0.25) is 10.2 Å². The Kier molecular flexibility index (Phi) is 4.86. The highest BCUT2D eigenvalue weighted by Crippen LogP contribution is 2.44. The van der Waals surface area contributed by atoms with Gasteiger partial charge in [0.1, 0.15) is 27.1 Å². The highest BCUT2D eigenvalue weighted by molar-refractivity contribution is 7.09. The fourth-order valence-electron chi connectivity index (χ4n) is 3.03. The maximum Gasteiger partial charge on any atom is 0.177 e. The number of nitrogens with two attached hydrogens (primary N) is 1. The van der Waals surface area contributed by atoms with Gasteiger partial charge in [0, 0.05) is 30.0 Å². The van der Waals surface area contributed by atoms with Crippen molar-refractivity contribution in [1.82, 2.24) is 4.98 Å². The molecule has 0 spiro atoms. The average Bonchev–Trinajstić information content (AvgIpc) is 2.98. The van der Waals surface area contributed by atoms with Crippen molar-refractivity contribution in [3.05, 3.63) is 44.4 Å². The summed E-state index contributed by atoms with van der Waals surface area (Å²) in [4.78, 5) is 5.47. The quantitative estimate of drug-likeness (QED) is 0.496. The molecule has 0 bridgehead atoms. The number of nitrogens with zero attached hydrogens (tertiary/aromatic N) is 1. The lowest BCUT2D eigenvalue weighted by Crippen LogP contribution is -2.27. The van der Waals surface area contributed by atoms with Gasteiger partial charge in [0.15, 0.2) is 5.58 Å². The van der Waals surface area contributed by atoms with Crippen molar-refractivity contribution in [2.75, 3.05) is 5.32 Å². The van der Waals surface area contributed by atoms with Crippen molar-refractivity contribution in [2.24, 2.45) is 5.73 Å². The number of hydrogen-bond acceptors (Lipinski definition) is 5. The summed E-state index contributed by atoms with van der Waals surface area (Å²) in [5.74, 6) is 0.521. The molecule has 0 amide bonds. The Bertz CT molecular complexity index is 924. The number of nitrogens with one attached hydrogen (secondary N) is 1. The first kappa shape index (κ1) is 18.0. The van der Waals surface area contributed by atoms with Gasteiger partial charge in [-0.25, -0.2) is 9.37 Å². The molecule has 1 fully saturated rings. The number of pyridine rings is 1. The van der Waals surface area contributed by atoms with Crippen LogP contribution in [0.3, 0.4) is 0 Å². The molecule has 0 aromatic carbocycles. The SMILES string of the molecule is N[C@H](Cc1oc2c(NCc3cccs3)cc(Cl)nc2c1Cl)CC1(F)CC1. The van der Waals surface area contributed by atoms with Crippen LogP contribution in [0.25, 0.3) is 11.1 Å². The van der Waals surface area contributed by atoms with Crippen LogP contribution in [0.4, 0.5) is 10.1 Å². The molecular weight excluding hydrogens is 396 g/mol. The van der Waals surface area contributed by atoms with Crippen molar-refractivity contribution in [3.8, 4) is 0 Å². The lowest BCUT2D eigenvalue weighted by atomic mass is 10.1. The second-order valence-corrected chi connectivity index (χ2v) is 8.56. The monoisotopic (exact) mass is 413 g/mol. The summed E-state index contributed by atoms with van der Waals surface area (Å²) in [5, 5.41) is 6.05. The standard InChI is InChI=1S/C18H18Cl2FN3OS/c19-14-7-12(23-9-11-2-1-5-26-11)17-16(24-14)15(20)13(25-17)6-10(22)8-18(21)3-4-18/h1-2,5,7,10H,3-4,6,8-9,22H2,(H,23,24)/t10-/m1/s1. The molecule has 3 N–H and O–H groups in total. The number of alkyl halides is 1. The molecule has 0 aliphatic heterocycles. The third kappa shape index (κ3) is 3.83. The summed E-state index contributed by atoms with van der Waals surface area (Å²) in [5.41, 5.74) is 6.75. The van der Waals surface area contributed by atoms with E-state index in [0.717, 1.165) is 5.69 Å². The van der Waals surface area contributed by atoms with E-state index in [9.17, 15) is 4.39 Å². The maximum atomic E-state index is 13.9. The molecule has 3 heterocycles. The molecular formula is C18H18Cl2FN3OS. The summed E-state index contributed by atoms with van der Waals surface area (Å²) in [7, 11) is 0. The third-order valence-electron chi connectivity index (χ3n) is 4.52. The van der Waals surface area contributed by atoms with E-state index in [-0.39, 0.29) is 6.04 Å². The van der Waals surface area contributed by atoms with E-state index in [1.165, 1.54) is 4.88 Å². The first-order chi connectivity index (χ1) is 12.4. The van der Waals surface area contributed by atoms with Crippen LogP contribution in [0.15, 0.2) is 28.0 Å². The number of rotatable bonds is 7. The van der Waals surface area contributed by atoms with Gasteiger partial charge in [0.2, 0.25) is 0 Å². The summed E-state index contributed by atoms with van der Waals surface area (Å²) in [6.07, 6.45) is 1.85. The summed E-state index contributed by atoms with van der Waals surface area (Å²) in [6, 6.07) is 5.40. The third-order valence-corrected chi connectivity index (χ3v) is 5.98. The predicted molar refractivity (Wildman–Crippen MR) is 105 cm³/mol. The van der Waals surface area contributed by atoms with Gasteiger partial charge in [-0.2, -0.15) is 0 Å². The van der Waals surface area contributed by atoms with Gasteiger partial charge in [-0.1, -0.05) is 29.3 Å². The minimum Gasteiger partial charge on any atom is -0.455 e. The van der Waals surface area contributed by atoms with E-state index in [1.807, 2.05) is 17.5 Å². The Morgan fingerprint density at radius 3 is 2.92 bits per heavy atom. The largest absolute Gasteiger partial charge is 0.455 e. The Hall–Kier alpha value is -1.34. The summed E-state index contributed by atoms with van der Waals surface area (Å²) in [6.45, 7) is 0.643. The van der Waals surface area contributed by atoms with Crippen LogP contribution in [-0.4, -0.2) is 16.7 Å². The zero-order chi connectivity index (χ0) is 18.3. The molecule has 3 aromatic rings. The van der Waals surface area contributed by atoms with Crippen molar-refractivity contribution >= 4 is 51.3 Å². The molecule has 0 saturated heterocycles. The van der Waals surface area contributed by atoms with E-state index in [1.54, 1.807) is 17.4 Å². The van der Waals surface area contributed by atoms with Gasteiger partial charge in [0.05, 0.1) is 5.69 Å². The molecule has 4 nitrogen and oxygen atoms in total. The number of fused-ring (bicyclic) bond motifs is 1. The zero-order valence-corrected chi connectivity index (χ0v) is 16.2. The molecule has 4 rings (SSSR count). The highest BCUT2D eigenvalue weighted by atomic mass is 35.5. The lowest BCUT2D eigenvalue weighted by Gasteiger charge is -2.12. The lowest BCUT2D eigenvalue weighted by molar-refractivity contribution is 0.267. The zero-order valence-electron chi connectivity index (χ0n) is 13.9. The Morgan fingerprint density at radius 2 is 2.23 bits per heavy atom. The second-order valence-electron chi connectivity index (χ2n) is 6.76. The number of halogens is 3. The van der Waals surface area contributed by atoms with E-state index >= 15 is 0 Å². The average molecular weight is 414 g/mol. The van der Waals surface area contributed by atoms with Crippen LogP contribution in [0.1, 0.15) is 29.9 Å². The molecule has 0 radical (unpaired) electrons. The molecule has 8 heteroatoms. The molecule has 1 aliphatic carbocycles. The molecule has 138 valence electrons. The van der Waals surface area contributed by atoms with Gasteiger partial charge in [-0.05, 0) is 30.7 Å². The maximum absolute atomic E-state index is 13.9. The van der Waals surface area contributed by atoms with Crippen molar-refractivity contribution in [3.63, 3.8) is 0 Å². The number of furan rings is 1. The second kappa shape index (κ2) is 7.00. The molecule has 1 saturated carbocycles. The number of anilines is 1. The number of aromatic nitrogens is 1. The predicted octanol–water partition coefficient (Wildman–Crippen LogP) is 5.57. The minimum atomic E-state index is -1.10. The summed E-state index contributed by atoms with van der Waals surface area (Å²) < 4.78 is 19.9. The van der Waals surface area contributed by atoms with E-state index in [2.05, 4.69) is 10.3 Å². The Labute approximate surface area is 164 Å². The Morgan fingerprint density at radius 1 is 1.42 bits per heavy atom. The number of hydrogen-bond donors (Lipinski definition) is 2. The fourth-order valence-corrected chi connectivity index (χ4v) is 4.11. The first-order valence-electron chi connectivity index (χ1n) is 8.42. The van der Waals surface area contributed by atoms with E-state index in [4.69, 9.17) is 33.4 Å². The molecule has 3 aromatic heterocycles. The molecule has 0 unspecified atom stereocenters. The molecule has 26 heavy (non-hydrogen) atoms. The van der Waals surface area contributed by atoms with Gasteiger partial charge in [-0.3, -0.25) is 0 Å². The topological polar surface area (TPSA) is 64.1 Å². The van der Waals surface area contributed by atoms with Crippen molar-refractivity contribution < 1.29 is 8.81 Å². The Balaban J connectivity index is 1.59. The van der Waals surface area contributed by atoms with Gasteiger partial charge < -0.3 is 15.5 Å². The number of thiophene rings is 1. The molecule has 1 atom stereocenters. The van der Waals surface area contributed by atoms with Crippen LogP contribution < -0.4 is 11.1 Å². The van der Waals surface area contributed by atoms with Crippen LogP contribution in [0, 0.1) is 0 Å². The smallest absolute Gasteiger partial charge is 0.177 e.